The van der Waals surface area contributed by atoms with Gasteiger partial charge in [-0.25, -0.2) is 4.98 Å². The number of hydrogen-bond donors (Lipinski definition) is 0. The molecule has 0 radical (unpaired) electrons. The van der Waals surface area contributed by atoms with Gasteiger partial charge in [0.1, 0.15) is 25.0 Å². The average Bonchev–Trinajstić information content (AvgIpc) is 3.19. The second kappa shape index (κ2) is 7.23. The zero-order valence-corrected chi connectivity index (χ0v) is 14.3. The van der Waals surface area contributed by atoms with Gasteiger partial charge >= 0.3 is 0 Å². The van der Waals surface area contributed by atoms with Crippen LogP contribution in [-0.4, -0.2) is 69.8 Å². The molecule has 0 spiro atoms. The highest BCUT2D eigenvalue weighted by atomic mass is 16.5. The summed E-state index contributed by atoms with van der Waals surface area (Å²) in [6, 6.07) is 8.00. The maximum atomic E-state index is 12.8. The molecule has 7 nitrogen and oxygen atoms in total. The molecule has 1 amide bonds. The lowest BCUT2D eigenvalue weighted by Crippen LogP contribution is -2.52. The average molecular weight is 341 g/mol. The first-order chi connectivity index (χ1) is 12.3. The largest absolute Gasteiger partial charge is 0.492 e. The number of carbonyl (C=O) groups excluding carboxylic acids is 1. The second-order valence-electron chi connectivity index (χ2n) is 6.65. The number of ether oxygens (including phenoxy) is 1. The Morgan fingerprint density at radius 3 is 2.80 bits per heavy atom. The van der Waals surface area contributed by atoms with Crippen molar-refractivity contribution in [1.29, 1.82) is 0 Å². The summed E-state index contributed by atoms with van der Waals surface area (Å²) in [5.41, 5.74) is 1.14. The van der Waals surface area contributed by atoms with Crippen LogP contribution in [0.25, 0.3) is 0 Å². The van der Waals surface area contributed by atoms with Crippen LogP contribution in [0.15, 0.2) is 36.9 Å². The third-order valence-electron chi connectivity index (χ3n) is 5.02. The molecule has 0 saturated carbocycles. The molecule has 132 valence electrons. The predicted molar refractivity (Wildman–Crippen MR) is 92.2 cm³/mol. The summed E-state index contributed by atoms with van der Waals surface area (Å²) in [6.07, 6.45) is 4.07. The van der Waals surface area contributed by atoms with Crippen molar-refractivity contribution in [2.75, 3.05) is 39.3 Å². The van der Waals surface area contributed by atoms with E-state index in [0.29, 0.717) is 6.61 Å². The van der Waals surface area contributed by atoms with Gasteiger partial charge in [0.05, 0.1) is 12.5 Å². The van der Waals surface area contributed by atoms with E-state index in [1.807, 2.05) is 27.8 Å². The van der Waals surface area contributed by atoms with Gasteiger partial charge in [0.15, 0.2) is 0 Å². The fraction of sp³-hybridized carbons (Fsp3) is 0.500. The smallest absolute Gasteiger partial charge is 0.229 e. The molecule has 25 heavy (non-hydrogen) atoms. The van der Waals surface area contributed by atoms with Crippen LogP contribution in [0, 0.1) is 5.92 Å². The Balaban J connectivity index is 1.27. The lowest BCUT2D eigenvalue weighted by molar-refractivity contribution is -0.138. The summed E-state index contributed by atoms with van der Waals surface area (Å²) in [6.45, 7) is 5.65. The molecule has 0 aliphatic carbocycles. The molecule has 0 unspecified atom stereocenters. The van der Waals surface area contributed by atoms with E-state index >= 15 is 0 Å². The van der Waals surface area contributed by atoms with Crippen molar-refractivity contribution in [1.82, 2.24) is 24.6 Å². The minimum Gasteiger partial charge on any atom is -0.492 e. The van der Waals surface area contributed by atoms with E-state index in [1.54, 1.807) is 12.7 Å². The molecular weight excluding hydrogens is 318 g/mol. The van der Waals surface area contributed by atoms with Gasteiger partial charge in [-0.1, -0.05) is 18.2 Å². The molecule has 1 atom stereocenters. The highest BCUT2D eigenvalue weighted by molar-refractivity contribution is 5.80. The Morgan fingerprint density at radius 2 is 2.00 bits per heavy atom. The summed E-state index contributed by atoms with van der Waals surface area (Å²) < 4.78 is 7.62. The van der Waals surface area contributed by atoms with Crippen molar-refractivity contribution in [2.45, 2.75) is 13.0 Å². The Kier molecular flexibility index (Phi) is 4.65. The number of aromatic nitrogens is 3. The molecule has 2 aliphatic rings. The summed E-state index contributed by atoms with van der Waals surface area (Å²) >= 11 is 0. The fourth-order valence-corrected chi connectivity index (χ4v) is 3.53. The maximum absolute atomic E-state index is 12.8. The normalized spacial score (nSPS) is 20.8. The minimum atomic E-state index is -0.0587. The number of para-hydroxylation sites is 1. The van der Waals surface area contributed by atoms with E-state index in [2.05, 4.69) is 21.0 Å². The molecular formula is C18H23N5O2. The number of nitrogens with zero attached hydrogens (tertiary/aromatic N) is 5. The molecule has 1 aromatic carbocycles. The summed E-state index contributed by atoms with van der Waals surface area (Å²) in [7, 11) is 0. The first-order valence-electron chi connectivity index (χ1n) is 8.84. The van der Waals surface area contributed by atoms with Crippen molar-refractivity contribution >= 4 is 5.91 Å². The van der Waals surface area contributed by atoms with Crippen LogP contribution in [0.2, 0.25) is 0 Å². The first kappa shape index (κ1) is 16.1. The Labute approximate surface area is 147 Å². The first-order valence-corrected chi connectivity index (χ1v) is 8.84. The quantitative estimate of drug-likeness (QED) is 0.818. The van der Waals surface area contributed by atoms with Gasteiger partial charge in [-0.05, 0) is 18.1 Å². The number of fused-ring (bicyclic) bond motifs is 1. The summed E-state index contributed by atoms with van der Waals surface area (Å²) in [5.74, 6) is 1.09. The second-order valence-corrected chi connectivity index (χ2v) is 6.65. The topological polar surface area (TPSA) is 63.5 Å². The van der Waals surface area contributed by atoms with Gasteiger partial charge in [0, 0.05) is 32.7 Å². The van der Waals surface area contributed by atoms with Crippen LogP contribution in [0.4, 0.5) is 0 Å². The fourth-order valence-electron chi connectivity index (χ4n) is 3.53. The standard InChI is InChI=1S/C18H23N5O2/c24-18(16-11-15-3-1-2-4-17(15)25-12-16)22-8-5-21(6-9-22)7-10-23-14-19-13-20-23/h1-4,13-14,16H,5-12H2/t16-/m0/s1. The molecule has 7 heteroatoms. The van der Waals surface area contributed by atoms with E-state index in [1.165, 1.54) is 0 Å². The molecule has 4 rings (SSSR count). The Hall–Kier alpha value is -2.41. The number of piperazine rings is 1. The van der Waals surface area contributed by atoms with Crippen LogP contribution in [0.5, 0.6) is 5.75 Å². The van der Waals surface area contributed by atoms with Crippen molar-refractivity contribution in [2.24, 2.45) is 5.92 Å². The molecule has 1 aromatic heterocycles. The van der Waals surface area contributed by atoms with Gasteiger partial charge in [0.2, 0.25) is 5.91 Å². The van der Waals surface area contributed by atoms with Crippen molar-refractivity contribution in [3.05, 3.63) is 42.5 Å². The van der Waals surface area contributed by atoms with Crippen molar-refractivity contribution in [3.8, 4) is 5.75 Å². The number of rotatable bonds is 4. The molecule has 1 saturated heterocycles. The van der Waals surface area contributed by atoms with Gasteiger partial charge in [0.25, 0.3) is 0 Å². The SMILES string of the molecule is O=C([C@@H]1COc2ccccc2C1)N1CCN(CCn2cncn2)CC1. The number of carbonyl (C=O) groups is 1. The summed E-state index contributed by atoms with van der Waals surface area (Å²) in [4.78, 5) is 21.1. The molecule has 3 heterocycles. The van der Waals surface area contributed by atoms with Crippen LogP contribution in [-0.2, 0) is 17.8 Å². The highest BCUT2D eigenvalue weighted by Crippen LogP contribution is 2.27. The predicted octanol–water partition coefficient (Wildman–Crippen LogP) is 0.674. The van der Waals surface area contributed by atoms with Crippen LogP contribution >= 0.6 is 0 Å². The van der Waals surface area contributed by atoms with Crippen LogP contribution in [0.1, 0.15) is 5.56 Å². The molecule has 1 fully saturated rings. The Bertz CT molecular complexity index is 710. The van der Waals surface area contributed by atoms with Crippen LogP contribution in [0.3, 0.4) is 0 Å². The molecule has 2 aliphatic heterocycles. The van der Waals surface area contributed by atoms with Gasteiger partial charge < -0.3 is 9.64 Å². The van der Waals surface area contributed by atoms with Gasteiger partial charge in [-0.3, -0.25) is 14.4 Å². The lowest BCUT2D eigenvalue weighted by atomic mass is 9.95. The lowest BCUT2D eigenvalue weighted by Gasteiger charge is -2.37. The van der Waals surface area contributed by atoms with E-state index in [9.17, 15) is 4.79 Å². The third-order valence-corrected chi connectivity index (χ3v) is 5.02. The molecule has 0 bridgehead atoms. The monoisotopic (exact) mass is 341 g/mol. The number of benzene rings is 1. The van der Waals surface area contributed by atoms with Gasteiger partial charge in [-0.2, -0.15) is 5.10 Å². The zero-order chi connectivity index (χ0) is 17.1. The zero-order valence-electron chi connectivity index (χ0n) is 14.3. The molecule has 2 aromatic rings. The minimum absolute atomic E-state index is 0.0587. The van der Waals surface area contributed by atoms with E-state index in [-0.39, 0.29) is 11.8 Å². The number of amides is 1. The van der Waals surface area contributed by atoms with E-state index in [4.69, 9.17) is 4.74 Å². The number of hydrogen-bond acceptors (Lipinski definition) is 5. The molecule has 0 N–H and O–H groups in total. The van der Waals surface area contributed by atoms with E-state index < -0.39 is 0 Å². The van der Waals surface area contributed by atoms with Crippen molar-refractivity contribution < 1.29 is 9.53 Å². The van der Waals surface area contributed by atoms with Crippen LogP contribution < -0.4 is 4.74 Å². The van der Waals surface area contributed by atoms with E-state index in [0.717, 1.165) is 57.0 Å². The van der Waals surface area contributed by atoms with Gasteiger partial charge in [-0.15, -0.1) is 0 Å². The Morgan fingerprint density at radius 1 is 1.16 bits per heavy atom. The van der Waals surface area contributed by atoms with Crippen molar-refractivity contribution in [3.63, 3.8) is 0 Å². The summed E-state index contributed by atoms with van der Waals surface area (Å²) in [5, 5.41) is 4.12. The highest BCUT2D eigenvalue weighted by Gasteiger charge is 2.31. The maximum Gasteiger partial charge on any atom is 0.229 e. The third kappa shape index (κ3) is 3.66.